The van der Waals surface area contributed by atoms with Gasteiger partial charge in [-0.25, -0.2) is 4.99 Å². The van der Waals surface area contributed by atoms with Crippen LogP contribution >= 0.6 is 0 Å². The molecular weight excluding hydrogens is 350 g/mol. The summed E-state index contributed by atoms with van der Waals surface area (Å²) in [6, 6.07) is 16.3. The van der Waals surface area contributed by atoms with Crippen LogP contribution in [0.5, 0.6) is 0 Å². The molecule has 2 aliphatic rings. The molecule has 0 atom stereocenters. The summed E-state index contributed by atoms with van der Waals surface area (Å²) in [4.78, 5) is 5.14. The van der Waals surface area contributed by atoms with Crippen molar-refractivity contribution < 1.29 is 0 Å². The maximum atomic E-state index is 5.14. The van der Waals surface area contributed by atoms with Crippen molar-refractivity contribution in [1.29, 1.82) is 0 Å². The maximum Gasteiger partial charge on any atom is 0.0789 e. The highest BCUT2D eigenvalue weighted by molar-refractivity contribution is 6.26. The van der Waals surface area contributed by atoms with Crippen LogP contribution < -0.4 is 0 Å². The summed E-state index contributed by atoms with van der Waals surface area (Å²) < 4.78 is 0. The van der Waals surface area contributed by atoms with Crippen LogP contribution in [0.3, 0.4) is 0 Å². The van der Waals surface area contributed by atoms with Gasteiger partial charge in [-0.15, -0.1) is 0 Å². The lowest BCUT2D eigenvalue weighted by atomic mass is 9.87. The Morgan fingerprint density at radius 1 is 0.931 bits per heavy atom. The highest BCUT2D eigenvalue weighted by atomic mass is 14.8. The van der Waals surface area contributed by atoms with Gasteiger partial charge in [-0.2, -0.15) is 0 Å². The fraction of sp³-hybridized carbons (Fsp3) is 0.393. The molecule has 0 amide bonds. The Morgan fingerprint density at radius 2 is 1.66 bits per heavy atom. The van der Waals surface area contributed by atoms with E-state index in [2.05, 4.69) is 70.2 Å². The Kier molecular flexibility index (Phi) is 4.57. The van der Waals surface area contributed by atoms with Crippen molar-refractivity contribution >= 4 is 22.2 Å². The first-order chi connectivity index (χ1) is 14.0. The molecule has 0 saturated heterocycles. The predicted octanol–water partition coefficient (Wildman–Crippen LogP) is 7.80. The second-order valence-corrected chi connectivity index (χ2v) is 9.59. The van der Waals surface area contributed by atoms with Gasteiger partial charge < -0.3 is 0 Å². The van der Waals surface area contributed by atoms with Crippen molar-refractivity contribution in [1.82, 2.24) is 0 Å². The van der Waals surface area contributed by atoms with E-state index in [1.54, 1.807) is 0 Å². The van der Waals surface area contributed by atoms with E-state index in [1.807, 2.05) is 0 Å². The number of nitrogens with zero attached hydrogens (tertiary/aromatic N) is 1. The van der Waals surface area contributed by atoms with Gasteiger partial charge in [0.1, 0.15) is 0 Å². The molecule has 3 aromatic carbocycles. The van der Waals surface area contributed by atoms with Crippen LogP contribution in [0, 0.1) is 19.8 Å². The van der Waals surface area contributed by atoms with Crippen LogP contribution in [-0.2, 0) is 6.42 Å². The molecule has 148 valence electrons. The largest absolute Gasteiger partial charge is 0.247 e. The van der Waals surface area contributed by atoms with Crippen molar-refractivity contribution in [2.45, 2.75) is 65.7 Å². The van der Waals surface area contributed by atoms with Gasteiger partial charge >= 0.3 is 0 Å². The van der Waals surface area contributed by atoms with Gasteiger partial charge in [0.15, 0.2) is 0 Å². The molecule has 3 aromatic rings. The topological polar surface area (TPSA) is 12.4 Å². The Labute approximate surface area is 174 Å². The molecule has 1 nitrogen and oxygen atoms in total. The second-order valence-electron chi connectivity index (χ2n) is 9.59. The minimum absolute atomic E-state index is 0.517. The van der Waals surface area contributed by atoms with E-state index in [-0.39, 0.29) is 0 Å². The summed E-state index contributed by atoms with van der Waals surface area (Å²) in [6.45, 7) is 8.98. The minimum Gasteiger partial charge on any atom is -0.247 e. The van der Waals surface area contributed by atoms with Crippen LogP contribution in [0.25, 0.3) is 10.8 Å². The third-order valence-corrected chi connectivity index (χ3v) is 6.79. The summed E-state index contributed by atoms with van der Waals surface area (Å²) in [5.41, 5.74) is 10.5. The normalized spacial score (nSPS) is 16.2. The van der Waals surface area contributed by atoms with E-state index in [0.29, 0.717) is 5.92 Å². The van der Waals surface area contributed by atoms with Crippen molar-refractivity contribution in [3.63, 3.8) is 0 Å². The molecule has 1 heteroatoms. The average Bonchev–Trinajstić information content (AvgIpc) is 3.30. The molecule has 1 aliphatic carbocycles. The number of aryl methyl sites for hydroxylation is 2. The lowest BCUT2D eigenvalue weighted by Crippen LogP contribution is -2.05. The van der Waals surface area contributed by atoms with Crippen molar-refractivity contribution in [2.75, 3.05) is 0 Å². The number of benzene rings is 3. The third kappa shape index (κ3) is 3.31. The first-order valence-electron chi connectivity index (χ1n) is 11.3. The maximum absolute atomic E-state index is 5.14. The SMILES string of the molecule is Cc1cc(C)cc(C2=Nc3ccc(C(C)C)c4cc(CC5CCCC5)cc2c34)c1. The standard InChI is InChI=1S/C28H31N/c1-17(2)23-9-10-26-27-24(23)15-21(14-20-7-5-6-8-20)16-25(27)28(29-26)22-12-18(3)11-19(4)13-22/h9-13,15-17,20H,5-8,14H2,1-4H3. The Hall–Kier alpha value is -2.41. The number of rotatable bonds is 4. The second kappa shape index (κ2) is 7.13. The van der Waals surface area contributed by atoms with Crippen LogP contribution in [0.4, 0.5) is 5.69 Å². The monoisotopic (exact) mass is 381 g/mol. The average molecular weight is 382 g/mol. The van der Waals surface area contributed by atoms with Gasteiger partial charge in [0.2, 0.25) is 0 Å². The fourth-order valence-electron chi connectivity index (χ4n) is 5.51. The summed E-state index contributed by atoms with van der Waals surface area (Å²) in [5, 5.41) is 2.78. The molecule has 1 heterocycles. The van der Waals surface area contributed by atoms with Crippen LogP contribution in [0.15, 0.2) is 47.5 Å². The number of hydrogen-bond donors (Lipinski definition) is 0. The van der Waals surface area contributed by atoms with E-state index < -0.39 is 0 Å². The molecule has 0 bridgehead atoms. The molecular formula is C28H31N. The molecule has 0 unspecified atom stereocenters. The van der Waals surface area contributed by atoms with Crippen molar-refractivity contribution in [3.05, 3.63) is 75.8 Å². The molecule has 0 radical (unpaired) electrons. The van der Waals surface area contributed by atoms with Gasteiger partial charge in [-0.1, -0.05) is 68.9 Å². The highest BCUT2D eigenvalue weighted by Gasteiger charge is 2.24. The van der Waals surface area contributed by atoms with Crippen LogP contribution in [0.1, 0.15) is 78.8 Å². The molecule has 0 aromatic heterocycles. The zero-order valence-corrected chi connectivity index (χ0v) is 18.2. The van der Waals surface area contributed by atoms with E-state index in [9.17, 15) is 0 Å². The minimum atomic E-state index is 0.517. The molecule has 29 heavy (non-hydrogen) atoms. The van der Waals surface area contributed by atoms with Crippen LogP contribution in [0.2, 0.25) is 0 Å². The smallest absolute Gasteiger partial charge is 0.0789 e. The Morgan fingerprint density at radius 3 is 2.34 bits per heavy atom. The quantitative estimate of drug-likeness (QED) is 0.342. The van der Waals surface area contributed by atoms with Gasteiger partial charge in [0.25, 0.3) is 0 Å². The lowest BCUT2D eigenvalue weighted by molar-refractivity contribution is 0.547. The molecule has 1 fully saturated rings. The first-order valence-corrected chi connectivity index (χ1v) is 11.3. The zero-order chi connectivity index (χ0) is 20.1. The van der Waals surface area contributed by atoms with Gasteiger partial charge in [0.05, 0.1) is 11.4 Å². The predicted molar refractivity (Wildman–Crippen MR) is 125 cm³/mol. The van der Waals surface area contributed by atoms with E-state index in [4.69, 9.17) is 4.99 Å². The summed E-state index contributed by atoms with van der Waals surface area (Å²) in [5.74, 6) is 1.37. The van der Waals surface area contributed by atoms with E-state index in [0.717, 1.165) is 17.3 Å². The Bertz CT molecular complexity index is 1110. The zero-order valence-electron chi connectivity index (χ0n) is 18.2. The third-order valence-electron chi connectivity index (χ3n) is 6.79. The van der Waals surface area contributed by atoms with E-state index >= 15 is 0 Å². The summed E-state index contributed by atoms with van der Waals surface area (Å²) in [7, 11) is 0. The number of hydrogen-bond acceptors (Lipinski definition) is 1. The van der Waals surface area contributed by atoms with Gasteiger partial charge in [-0.3, -0.25) is 0 Å². The van der Waals surface area contributed by atoms with Gasteiger partial charge in [-0.05, 0) is 72.9 Å². The van der Waals surface area contributed by atoms with E-state index in [1.165, 1.54) is 76.3 Å². The molecule has 1 aliphatic heterocycles. The Balaban J connectivity index is 1.70. The van der Waals surface area contributed by atoms with Crippen molar-refractivity contribution in [2.24, 2.45) is 10.9 Å². The molecule has 5 rings (SSSR count). The van der Waals surface area contributed by atoms with Crippen molar-refractivity contribution in [3.8, 4) is 0 Å². The highest BCUT2D eigenvalue weighted by Crippen LogP contribution is 2.42. The molecule has 0 N–H and O–H groups in total. The number of aliphatic imine (C=N–C) groups is 1. The summed E-state index contributed by atoms with van der Waals surface area (Å²) >= 11 is 0. The fourth-order valence-corrected chi connectivity index (χ4v) is 5.51. The summed E-state index contributed by atoms with van der Waals surface area (Å²) in [6.07, 6.45) is 6.80. The molecule has 0 spiro atoms. The lowest BCUT2D eigenvalue weighted by Gasteiger charge is -2.16. The molecule has 1 saturated carbocycles. The van der Waals surface area contributed by atoms with Gasteiger partial charge in [0, 0.05) is 16.5 Å². The van der Waals surface area contributed by atoms with Crippen LogP contribution in [-0.4, -0.2) is 5.71 Å². The first kappa shape index (κ1) is 18.6.